The molecule has 2 heterocycles. The highest BCUT2D eigenvalue weighted by molar-refractivity contribution is 5.97. The van der Waals surface area contributed by atoms with E-state index in [0.717, 1.165) is 24.0 Å². The van der Waals surface area contributed by atoms with Gasteiger partial charge in [-0.2, -0.15) is 0 Å². The molecule has 2 aliphatic heterocycles. The Hall–Kier alpha value is -3.61. The zero-order chi connectivity index (χ0) is 26.4. The summed E-state index contributed by atoms with van der Waals surface area (Å²) in [5.41, 5.74) is 2.82. The number of esters is 1. The molecule has 0 aromatic heterocycles. The third kappa shape index (κ3) is 6.40. The number of nitrogens with zero attached hydrogens (tertiary/aromatic N) is 2. The molecule has 4 rings (SSSR count). The second kappa shape index (κ2) is 12.1. The number of piperidine rings is 1. The lowest BCUT2D eigenvalue weighted by Crippen LogP contribution is -2.47. The molecule has 1 fully saturated rings. The van der Waals surface area contributed by atoms with Gasteiger partial charge in [-0.25, -0.2) is 4.79 Å². The summed E-state index contributed by atoms with van der Waals surface area (Å²) in [4.78, 5) is 42.6. The smallest absolute Gasteiger partial charge is 0.336 e. The van der Waals surface area contributed by atoms with Crippen molar-refractivity contribution in [2.75, 3.05) is 26.2 Å². The van der Waals surface area contributed by atoms with Crippen molar-refractivity contribution in [3.63, 3.8) is 0 Å². The summed E-state index contributed by atoms with van der Waals surface area (Å²) in [6, 6.07) is 17.4. The maximum absolute atomic E-state index is 13.3. The van der Waals surface area contributed by atoms with Gasteiger partial charge in [0.1, 0.15) is 18.9 Å². The van der Waals surface area contributed by atoms with Crippen molar-refractivity contribution >= 4 is 17.8 Å². The highest BCUT2D eigenvalue weighted by Crippen LogP contribution is 2.37. The van der Waals surface area contributed by atoms with Crippen LogP contribution in [-0.4, -0.2) is 53.8 Å². The van der Waals surface area contributed by atoms with Crippen LogP contribution in [0.25, 0.3) is 0 Å². The predicted octanol–water partition coefficient (Wildman–Crippen LogP) is 4.68. The van der Waals surface area contributed by atoms with E-state index >= 15 is 0 Å². The number of allylic oxidation sites excluding steroid dienone is 1. The van der Waals surface area contributed by atoms with Gasteiger partial charge in [0.15, 0.2) is 0 Å². The first-order chi connectivity index (χ1) is 17.9. The summed E-state index contributed by atoms with van der Waals surface area (Å²) in [5, 5.41) is 0. The van der Waals surface area contributed by atoms with Crippen LogP contribution in [-0.2, 0) is 25.7 Å². The third-order valence-electron chi connectivity index (χ3n) is 7.28. The maximum Gasteiger partial charge on any atom is 0.336 e. The van der Waals surface area contributed by atoms with Crippen LogP contribution in [0.3, 0.4) is 0 Å². The second-order valence-corrected chi connectivity index (χ2v) is 9.86. The summed E-state index contributed by atoms with van der Waals surface area (Å²) in [7, 11) is 0. The maximum atomic E-state index is 13.3. The van der Waals surface area contributed by atoms with Crippen LogP contribution in [0.2, 0.25) is 0 Å². The lowest BCUT2D eigenvalue weighted by atomic mass is 9.83. The number of likely N-dealkylation sites (tertiary alicyclic amines) is 1. The average molecular weight is 505 g/mol. The van der Waals surface area contributed by atoms with Crippen molar-refractivity contribution in [2.45, 2.75) is 52.6 Å². The lowest BCUT2D eigenvalue weighted by molar-refractivity contribution is -0.143. The first-order valence-electron chi connectivity index (χ1n) is 13.1. The van der Waals surface area contributed by atoms with E-state index < -0.39 is 11.9 Å². The number of hydrogen-bond acceptors (Lipinski definition) is 5. The van der Waals surface area contributed by atoms with Crippen LogP contribution in [0.5, 0.6) is 5.75 Å². The number of carbonyl (C=O) groups is 3. The fraction of sp³-hybridized carbons (Fsp3) is 0.433. The third-order valence-corrected chi connectivity index (χ3v) is 7.28. The van der Waals surface area contributed by atoms with Crippen molar-refractivity contribution in [3.05, 3.63) is 77.0 Å². The summed E-state index contributed by atoms with van der Waals surface area (Å²) < 4.78 is 11.3. The molecule has 7 heteroatoms. The zero-order valence-corrected chi connectivity index (χ0v) is 21.9. The Kier molecular flexibility index (Phi) is 8.64. The average Bonchev–Trinajstić information content (AvgIpc) is 2.91. The summed E-state index contributed by atoms with van der Waals surface area (Å²) in [6.07, 6.45) is 2.03. The molecule has 1 atom stereocenters. The second-order valence-electron chi connectivity index (χ2n) is 9.86. The number of rotatable bonds is 8. The van der Waals surface area contributed by atoms with Crippen LogP contribution in [0.4, 0.5) is 0 Å². The van der Waals surface area contributed by atoms with Crippen molar-refractivity contribution in [1.29, 1.82) is 0 Å². The quantitative estimate of drug-likeness (QED) is 0.488. The SMILES string of the molecule is CCOC(=O)C1=C(C)N(CC(=O)N2CCC(C)CC2)C(=O)CC1c1ccc(OCc2ccccc2)cc1. The molecule has 2 amide bonds. The molecule has 0 radical (unpaired) electrons. The van der Waals surface area contributed by atoms with Crippen molar-refractivity contribution in [3.8, 4) is 5.75 Å². The van der Waals surface area contributed by atoms with E-state index in [4.69, 9.17) is 9.47 Å². The Morgan fingerprint density at radius 1 is 1.00 bits per heavy atom. The monoisotopic (exact) mass is 504 g/mol. The van der Waals surface area contributed by atoms with E-state index in [1.807, 2.05) is 59.5 Å². The highest BCUT2D eigenvalue weighted by Gasteiger charge is 2.38. The number of benzene rings is 2. The van der Waals surface area contributed by atoms with Crippen LogP contribution in [0.1, 0.15) is 57.1 Å². The van der Waals surface area contributed by atoms with Gasteiger partial charge >= 0.3 is 5.97 Å². The van der Waals surface area contributed by atoms with E-state index in [-0.39, 0.29) is 31.4 Å². The molecule has 0 N–H and O–H groups in total. The van der Waals surface area contributed by atoms with E-state index in [1.54, 1.807) is 13.8 Å². The fourth-order valence-corrected chi connectivity index (χ4v) is 4.99. The Balaban J connectivity index is 1.53. The van der Waals surface area contributed by atoms with Gasteiger partial charge in [-0.3, -0.25) is 9.59 Å². The van der Waals surface area contributed by atoms with Gasteiger partial charge < -0.3 is 19.3 Å². The van der Waals surface area contributed by atoms with Crippen LogP contribution < -0.4 is 4.74 Å². The molecule has 196 valence electrons. The highest BCUT2D eigenvalue weighted by atomic mass is 16.5. The Morgan fingerprint density at radius 3 is 2.32 bits per heavy atom. The fourth-order valence-electron chi connectivity index (χ4n) is 4.99. The standard InChI is InChI=1S/C30H36N2O5/c1-4-36-30(35)29-22(3)32(19-28(34)31-16-14-21(2)15-17-31)27(33)18-26(29)24-10-12-25(13-11-24)37-20-23-8-6-5-7-9-23/h5-13,21,26H,4,14-20H2,1-3H3. The van der Waals surface area contributed by atoms with Crippen LogP contribution in [0.15, 0.2) is 65.9 Å². The van der Waals surface area contributed by atoms with Gasteiger partial charge in [-0.15, -0.1) is 0 Å². The summed E-state index contributed by atoms with van der Waals surface area (Å²) in [5.74, 6) is 0.160. The topological polar surface area (TPSA) is 76.2 Å². The van der Waals surface area contributed by atoms with E-state index in [2.05, 4.69) is 6.92 Å². The van der Waals surface area contributed by atoms with E-state index in [9.17, 15) is 14.4 Å². The largest absolute Gasteiger partial charge is 0.489 e. The van der Waals surface area contributed by atoms with Gasteiger partial charge in [-0.05, 0) is 55.9 Å². The first-order valence-corrected chi connectivity index (χ1v) is 13.1. The normalized spacial score (nSPS) is 18.7. The molecular formula is C30H36N2O5. The molecule has 1 unspecified atom stereocenters. The minimum absolute atomic E-state index is 0.0546. The predicted molar refractivity (Wildman–Crippen MR) is 141 cm³/mol. The molecule has 2 aromatic carbocycles. The molecular weight excluding hydrogens is 468 g/mol. The molecule has 2 aliphatic rings. The molecule has 0 spiro atoms. The number of hydrogen-bond donors (Lipinski definition) is 0. The van der Waals surface area contributed by atoms with Gasteiger partial charge in [-0.1, -0.05) is 49.4 Å². The Bertz CT molecular complexity index is 1130. The van der Waals surface area contributed by atoms with Gasteiger partial charge in [0.05, 0.1) is 12.2 Å². The molecule has 37 heavy (non-hydrogen) atoms. The molecule has 0 saturated carbocycles. The van der Waals surface area contributed by atoms with Crippen molar-refractivity contribution in [2.24, 2.45) is 5.92 Å². The summed E-state index contributed by atoms with van der Waals surface area (Å²) in [6.45, 7) is 7.72. The number of ether oxygens (including phenoxy) is 2. The minimum Gasteiger partial charge on any atom is -0.489 e. The minimum atomic E-state index is -0.453. The van der Waals surface area contributed by atoms with Gasteiger partial charge in [0.25, 0.3) is 0 Å². The molecule has 7 nitrogen and oxygen atoms in total. The van der Waals surface area contributed by atoms with E-state index in [1.165, 1.54) is 4.90 Å². The number of amides is 2. The Morgan fingerprint density at radius 2 is 1.68 bits per heavy atom. The van der Waals surface area contributed by atoms with Crippen molar-refractivity contribution in [1.82, 2.24) is 9.80 Å². The van der Waals surface area contributed by atoms with Gasteiger partial charge in [0.2, 0.25) is 11.8 Å². The molecule has 2 aromatic rings. The van der Waals surface area contributed by atoms with Crippen LogP contribution >= 0.6 is 0 Å². The first kappa shape index (κ1) is 26.5. The van der Waals surface area contributed by atoms with E-state index in [0.29, 0.717) is 42.6 Å². The lowest BCUT2D eigenvalue weighted by Gasteiger charge is -2.36. The zero-order valence-electron chi connectivity index (χ0n) is 21.9. The number of carbonyl (C=O) groups excluding carboxylic acids is 3. The van der Waals surface area contributed by atoms with Crippen molar-refractivity contribution < 1.29 is 23.9 Å². The molecule has 1 saturated heterocycles. The Labute approximate surface area is 219 Å². The van der Waals surface area contributed by atoms with Crippen LogP contribution in [0, 0.1) is 5.92 Å². The molecule has 0 aliphatic carbocycles. The summed E-state index contributed by atoms with van der Waals surface area (Å²) >= 11 is 0. The molecule has 0 bridgehead atoms. The van der Waals surface area contributed by atoms with Gasteiger partial charge in [0, 0.05) is 31.1 Å².